The number of hydrogen-bond donors (Lipinski definition) is 1. The number of aryl methyl sites for hydroxylation is 1. The van der Waals surface area contributed by atoms with Gasteiger partial charge in [0.1, 0.15) is 28.6 Å². The Hall–Kier alpha value is -2.99. The molecule has 0 unspecified atom stereocenters. The van der Waals surface area contributed by atoms with Crippen LogP contribution in [0.25, 0.3) is 11.1 Å². The van der Waals surface area contributed by atoms with Crippen LogP contribution in [0.2, 0.25) is 0 Å². The fraction of sp³-hybridized carbons (Fsp3) is 0.364. The highest BCUT2D eigenvalue weighted by Crippen LogP contribution is 2.31. The lowest BCUT2D eigenvalue weighted by molar-refractivity contribution is -0.274. The van der Waals surface area contributed by atoms with Crippen molar-refractivity contribution >= 4 is 10.0 Å². The molecule has 1 aliphatic carbocycles. The van der Waals surface area contributed by atoms with Crippen molar-refractivity contribution in [2.45, 2.75) is 55.9 Å². The molecule has 182 valence electrons. The molecule has 3 aromatic rings. The van der Waals surface area contributed by atoms with E-state index in [1.807, 2.05) is 11.5 Å². The van der Waals surface area contributed by atoms with Crippen LogP contribution in [0, 0.1) is 12.7 Å². The number of ether oxygens (including phenoxy) is 1. The Morgan fingerprint density at radius 1 is 1.09 bits per heavy atom. The predicted molar refractivity (Wildman–Crippen MR) is 115 cm³/mol. The highest BCUT2D eigenvalue weighted by Gasteiger charge is 2.31. The van der Waals surface area contributed by atoms with E-state index in [9.17, 15) is 26.0 Å². The number of sulfonamides is 1. The van der Waals surface area contributed by atoms with Gasteiger partial charge in [0.25, 0.3) is 0 Å². The van der Waals surface area contributed by atoms with E-state index in [2.05, 4.69) is 19.7 Å². The molecule has 34 heavy (non-hydrogen) atoms. The van der Waals surface area contributed by atoms with E-state index in [1.54, 1.807) is 6.33 Å². The number of nitrogens with zero attached hydrogens (tertiary/aromatic N) is 3. The number of rotatable bonds is 6. The van der Waals surface area contributed by atoms with E-state index in [4.69, 9.17) is 0 Å². The molecule has 0 bridgehead atoms. The SMILES string of the molecule is Cc1nncn1[C@@H]1CCC[C@H](NS(=O)(=O)c2ccc(-c3ccc(OC(F)(F)F)cc3)cc2F)C1. The zero-order valence-corrected chi connectivity index (χ0v) is 18.9. The van der Waals surface area contributed by atoms with E-state index in [-0.39, 0.29) is 12.1 Å². The number of alkyl halides is 3. The summed E-state index contributed by atoms with van der Waals surface area (Å²) >= 11 is 0. The van der Waals surface area contributed by atoms with E-state index in [0.717, 1.165) is 42.9 Å². The first-order valence-corrected chi connectivity index (χ1v) is 12.0. The monoisotopic (exact) mass is 498 g/mol. The summed E-state index contributed by atoms with van der Waals surface area (Å²) in [5, 5.41) is 7.85. The van der Waals surface area contributed by atoms with Crippen LogP contribution in [0.5, 0.6) is 5.75 Å². The van der Waals surface area contributed by atoms with E-state index < -0.39 is 32.8 Å². The van der Waals surface area contributed by atoms with Gasteiger partial charge in [0, 0.05) is 12.1 Å². The molecule has 1 aliphatic rings. The summed E-state index contributed by atoms with van der Waals surface area (Å²) in [6.07, 6.45) is -0.370. The zero-order chi connectivity index (χ0) is 24.5. The summed E-state index contributed by atoms with van der Waals surface area (Å²) in [4.78, 5) is -0.490. The van der Waals surface area contributed by atoms with Crippen molar-refractivity contribution in [1.29, 1.82) is 0 Å². The molecule has 0 radical (unpaired) electrons. The van der Waals surface area contributed by atoms with Crippen LogP contribution < -0.4 is 9.46 Å². The number of aromatic nitrogens is 3. The Morgan fingerprint density at radius 2 is 1.79 bits per heavy atom. The van der Waals surface area contributed by atoms with E-state index in [1.165, 1.54) is 18.2 Å². The molecular weight excluding hydrogens is 476 g/mol. The molecular formula is C22H22F4N4O3S. The van der Waals surface area contributed by atoms with Gasteiger partial charge in [-0.15, -0.1) is 23.4 Å². The first-order valence-electron chi connectivity index (χ1n) is 10.6. The highest BCUT2D eigenvalue weighted by molar-refractivity contribution is 7.89. The van der Waals surface area contributed by atoms with Gasteiger partial charge in [0.15, 0.2) is 0 Å². The molecule has 1 heterocycles. The second-order valence-electron chi connectivity index (χ2n) is 8.14. The van der Waals surface area contributed by atoms with Crippen LogP contribution >= 0.6 is 0 Å². The highest BCUT2D eigenvalue weighted by atomic mass is 32.2. The molecule has 1 fully saturated rings. The van der Waals surface area contributed by atoms with Gasteiger partial charge in [0.05, 0.1) is 0 Å². The Bertz CT molecular complexity index is 1260. The lowest BCUT2D eigenvalue weighted by atomic mass is 9.91. The van der Waals surface area contributed by atoms with E-state index >= 15 is 0 Å². The summed E-state index contributed by atoms with van der Waals surface area (Å²) in [7, 11) is -4.13. The van der Waals surface area contributed by atoms with Crippen molar-refractivity contribution in [2.75, 3.05) is 0 Å². The van der Waals surface area contributed by atoms with Crippen molar-refractivity contribution in [1.82, 2.24) is 19.5 Å². The first kappa shape index (κ1) is 24.1. The quantitative estimate of drug-likeness (QED) is 0.496. The lowest BCUT2D eigenvalue weighted by Gasteiger charge is -2.30. The normalized spacial score (nSPS) is 19.2. The van der Waals surface area contributed by atoms with Gasteiger partial charge in [-0.1, -0.05) is 18.2 Å². The van der Waals surface area contributed by atoms with Gasteiger partial charge < -0.3 is 9.30 Å². The van der Waals surface area contributed by atoms with Crippen LogP contribution in [0.4, 0.5) is 17.6 Å². The smallest absolute Gasteiger partial charge is 0.406 e. The van der Waals surface area contributed by atoms with Gasteiger partial charge in [-0.3, -0.25) is 0 Å². The van der Waals surface area contributed by atoms with Gasteiger partial charge in [-0.2, -0.15) is 0 Å². The molecule has 2 aromatic carbocycles. The fourth-order valence-electron chi connectivity index (χ4n) is 4.21. The summed E-state index contributed by atoms with van der Waals surface area (Å²) in [5.41, 5.74) is 0.723. The molecule has 0 aliphatic heterocycles. The van der Waals surface area contributed by atoms with Crippen molar-refractivity contribution in [3.05, 3.63) is 60.4 Å². The first-order chi connectivity index (χ1) is 16.0. The number of halogens is 4. The summed E-state index contributed by atoms with van der Waals surface area (Å²) in [6, 6.07) is 8.14. The maximum atomic E-state index is 14.8. The molecule has 4 rings (SSSR count). The van der Waals surface area contributed by atoms with Crippen molar-refractivity contribution in [3.63, 3.8) is 0 Å². The minimum absolute atomic E-state index is 0.0490. The molecule has 0 spiro atoms. The second kappa shape index (κ2) is 9.34. The minimum atomic E-state index is -4.82. The zero-order valence-electron chi connectivity index (χ0n) is 18.1. The largest absolute Gasteiger partial charge is 0.573 e. The lowest BCUT2D eigenvalue weighted by Crippen LogP contribution is -2.39. The third kappa shape index (κ3) is 5.55. The molecule has 0 saturated heterocycles. The molecule has 12 heteroatoms. The van der Waals surface area contributed by atoms with Gasteiger partial charge in [0.2, 0.25) is 10.0 Å². The van der Waals surface area contributed by atoms with Gasteiger partial charge in [-0.05, 0) is 68.0 Å². The average Bonchev–Trinajstić information content (AvgIpc) is 3.18. The summed E-state index contributed by atoms with van der Waals surface area (Å²) < 4.78 is 85.9. The Labute approximate surface area is 193 Å². The van der Waals surface area contributed by atoms with Crippen LogP contribution in [-0.2, 0) is 10.0 Å². The topological polar surface area (TPSA) is 86.1 Å². The van der Waals surface area contributed by atoms with Crippen LogP contribution in [0.15, 0.2) is 53.7 Å². The predicted octanol–water partition coefficient (Wildman–Crippen LogP) is 4.75. The maximum absolute atomic E-state index is 14.8. The Kier molecular flexibility index (Phi) is 6.63. The van der Waals surface area contributed by atoms with Crippen LogP contribution in [0.3, 0.4) is 0 Å². The van der Waals surface area contributed by atoms with Crippen LogP contribution in [0.1, 0.15) is 37.5 Å². The fourth-order valence-corrected chi connectivity index (χ4v) is 5.56. The average molecular weight is 499 g/mol. The Balaban J connectivity index is 1.48. The van der Waals surface area contributed by atoms with Crippen molar-refractivity contribution in [2.24, 2.45) is 0 Å². The Morgan fingerprint density at radius 3 is 2.41 bits per heavy atom. The summed E-state index contributed by atoms with van der Waals surface area (Å²) in [5.74, 6) is -0.622. The summed E-state index contributed by atoms with van der Waals surface area (Å²) in [6.45, 7) is 1.83. The number of nitrogens with one attached hydrogen (secondary N) is 1. The minimum Gasteiger partial charge on any atom is -0.406 e. The van der Waals surface area contributed by atoms with E-state index in [0.29, 0.717) is 24.0 Å². The standard InChI is InChI=1S/C22H22F4N4O3S/c1-14-28-27-13-30(14)18-4-2-3-17(12-18)29-34(31,32)21-10-7-16(11-20(21)23)15-5-8-19(9-6-15)33-22(24,25)26/h5-11,13,17-18,29H,2-4,12H2,1H3/t17-,18+/m0/s1. The van der Waals surface area contributed by atoms with Crippen LogP contribution in [-0.4, -0.2) is 35.6 Å². The van der Waals surface area contributed by atoms with Gasteiger partial charge >= 0.3 is 6.36 Å². The van der Waals surface area contributed by atoms with Gasteiger partial charge in [-0.25, -0.2) is 17.5 Å². The molecule has 1 N–H and O–H groups in total. The molecule has 0 amide bonds. The molecule has 7 nitrogen and oxygen atoms in total. The molecule has 1 aromatic heterocycles. The number of benzene rings is 2. The maximum Gasteiger partial charge on any atom is 0.573 e. The third-order valence-electron chi connectivity index (χ3n) is 5.76. The van der Waals surface area contributed by atoms with Crippen molar-refractivity contribution in [3.8, 4) is 16.9 Å². The molecule has 1 saturated carbocycles. The van der Waals surface area contributed by atoms with Crippen molar-refractivity contribution < 1.29 is 30.7 Å². The third-order valence-corrected chi connectivity index (χ3v) is 7.31. The number of hydrogen-bond acceptors (Lipinski definition) is 5. The second-order valence-corrected chi connectivity index (χ2v) is 9.82. The molecule has 2 atom stereocenters.